The van der Waals surface area contributed by atoms with E-state index in [2.05, 4.69) is 127 Å². The second kappa shape index (κ2) is 15.4. The topological polar surface area (TPSA) is 69.6 Å². The number of furan rings is 1. The molecule has 2 aromatic carbocycles. The van der Waals surface area contributed by atoms with Gasteiger partial charge >= 0.3 is 0 Å². The summed E-state index contributed by atoms with van der Waals surface area (Å²) in [7, 11) is -1.37. The van der Waals surface area contributed by atoms with E-state index in [4.69, 9.17) is 19.4 Å². The summed E-state index contributed by atoms with van der Waals surface area (Å²) in [6.45, 7) is 28.9. The Hall–Kier alpha value is -3.97. The van der Waals surface area contributed by atoms with E-state index in [1.54, 1.807) is 0 Å². The Labute approximate surface area is 330 Å². The van der Waals surface area contributed by atoms with Crippen LogP contribution in [0.4, 0.5) is 0 Å². The molecule has 1 radical (unpaired) electrons. The van der Waals surface area contributed by atoms with Crippen LogP contribution in [0.25, 0.3) is 55.7 Å². The summed E-state index contributed by atoms with van der Waals surface area (Å²) in [4.78, 5) is 19.2. The molecule has 279 valence electrons. The van der Waals surface area contributed by atoms with Gasteiger partial charge in [-0.15, -0.1) is 53.6 Å². The van der Waals surface area contributed by atoms with Gasteiger partial charge in [-0.1, -0.05) is 83.8 Å². The zero-order chi connectivity index (χ0) is 37.7. The average Bonchev–Trinajstić information content (AvgIpc) is 3.64. The van der Waals surface area contributed by atoms with Crippen molar-refractivity contribution >= 4 is 46.4 Å². The molecule has 6 nitrogen and oxygen atoms in total. The number of fused-ring (bicyclic) bond motifs is 4. The van der Waals surface area contributed by atoms with Crippen LogP contribution in [0.2, 0.25) is 19.6 Å². The van der Waals surface area contributed by atoms with Crippen LogP contribution in [0, 0.1) is 38.3 Å². The standard InChI is InChI=1S/C26H27N4O.C19H26NSi.Ir/c1-13(2)20-11-10-18-22-15(5)8-9-19(24(22)31-26(18)29-20)25-28-21-12-16(6)27-17(7)23(21)30(25)14(3)4;1-19(2,3)13-16-12-17(15-10-8-7-9-11-15)20-14-18(16)21(4,5)6;/h8,10-14H,1-7H3;7-10,12,14H,13H2,1-6H3;/q2*-1;. The van der Waals surface area contributed by atoms with E-state index in [-0.39, 0.29) is 31.6 Å². The number of pyridine rings is 3. The molecule has 0 fully saturated rings. The van der Waals surface area contributed by atoms with Crippen LogP contribution in [-0.4, -0.2) is 32.6 Å². The Bertz CT molecular complexity index is 2390. The first-order valence-corrected chi connectivity index (χ1v) is 22.0. The number of nitrogens with zero attached hydrogens (tertiary/aromatic N) is 5. The van der Waals surface area contributed by atoms with Crippen molar-refractivity contribution in [2.24, 2.45) is 5.41 Å². The molecule has 5 aromatic heterocycles. The molecule has 0 aliphatic carbocycles. The monoisotopic (exact) mass is 900 g/mol. The number of aryl methyl sites for hydroxylation is 3. The first kappa shape index (κ1) is 40.2. The van der Waals surface area contributed by atoms with Crippen molar-refractivity contribution in [1.29, 1.82) is 0 Å². The summed E-state index contributed by atoms with van der Waals surface area (Å²) in [5.74, 6) is 1.20. The second-order valence-electron chi connectivity index (χ2n) is 17.0. The van der Waals surface area contributed by atoms with Gasteiger partial charge in [-0.05, 0) is 74.5 Å². The second-order valence-corrected chi connectivity index (χ2v) is 22.0. The third-order valence-corrected chi connectivity index (χ3v) is 11.5. The van der Waals surface area contributed by atoms with Crippen molar-refractivity contribution in [3.05, 3.63) is 101 Å². The molecule has 0 aliphatic rings. The van der Waals surface area contributed by atoms with Gasteiger partial charge in [0.15, 0.2) is 0 Å². The largest absolute Gasteiger partial charge is 0.486 e. The van der Waals surface area contributed by atoms with Crippen LogP contribution in [0.5, 0.6) is 0 Å². The van der Waals surface area contributed by atoms with Gasteiger partial charge < -0.3 is 14.0 Å². The van der Waals surface area contributed by atoms with Gasteiger partial charge in [0.05, 0.1) is 36.2 Å². The molecule has 5 heterocycles. The van der Waals surface area contributed by atoms with Crippen molar-refractivity contribution < 1.29 is 24.5 Å². The summed E-state index contributed by atoms with van der Waals surface area (Å²) >= 11 is 0. The third-order valence-electron chi connectivity index (χ3n) is 9.44. The van der Waals surface area contributed by atoms with Crippen LogP contribution < -0.4 is 5.19 Å². The van der Waals surface area contributed by atoms with E-state index < -0.39 is 8.07 Å². The minimum absolute atomic E-state index is 0. The molecule has 0 amide bonds. The van der Waals surface area contributed by atoms with E-state index in [1.165, 1.54) is 10.8 Å². The Morgan fingerprint density at radius 1 is 0.906 bits per heavy atom. The van der Waals surface area contributed by atoms with Crippen molar-refractivity contribution in [2.45, 2.75) is 107 Å². The summed E-state index contributed by atoms with van der Waals surface area (Å²) in [5.41, 5.74) is 12.3. The summed E-state index contributed by atoms with van der Waals surface area (Å²) in [6.07, 6.45) is 3.21. The van der Waals surface area contributed by atoms with Crippen LogP contribution in [0.15, 0.2) is 65.2 Å². The maximum absolute atomic E-state index is 6.38. The quantitative estimate of drug-likeness (QED) is 0.123. The van der Waals surface area contributed by atoms with E-state index in [9.17, 15) is 0 Å². The molecule has 0 unspecified atom stereocenters. The maximum Gasteiger partial charge on any atom is 0.216 e. The molecule has 0 spiro atoms. The molecule has 0 aliphatic heterocycles. The van der Waals surface area contributed by atoms with Crippen molar-refractivity contribution in [3.63, 3.8) is 0 Å². The SMILES string of the molecule is CC(C)(C)Cc1cc(-c2[c-]cccc2)ncc1[Si](C)(C)C.Cc1cc2nc(-c3[c-]cc(C)c4c3oc3nc(C(C)C)ccc34)n(C(C)C)c2c(C)n1.[Ir]. The smallest absolute Gasteiger partial charge is 0.216 e. The minimum Gasteiger partial charge on any atom is -0.486 e. The Morgan fingerprint density at radius 3 is 2.26 bits per heavy atom. The Kier molecular flexibility index (Phi) is 11.7. The number of hydrogen-bond donors (Lipinski definition) is 0. The van der Waals surface area contributed by atoms with Crippen molar-refractivity contribution in [1.82, 2.24) is 24.5 Å². The zero-order valence-corrected chi connectivity index (χ0v) is 37.0. The summed E-state index contributed by atoms with van der Waals surface area (Å²) in [5, 5.41) is 3.60. The fourth-order valence-corrected chi connectivity index (χ4v) is 8.67. The number of benzene rings is 2. The molecule has 0 atom stereocenters. The molecule has 7 aromatic rings. The number of imidazole rings is 1. The van der Waals surface area contributed by atoms with Gasteiger partial charge in [0.2, 0.25) is 5.71 Å². The molecular formula is C45H53IrN5OSi-2. The first-order valence-electron chi connectivity index (χ1n) is 18.5. The van der Waals surface area contributed by atoms with Crippen LogP contribution in [0.3, 0.4) is 0 Å². The van der Waals surface area contributed by atoms with Gasteiger partial charge in [0, 0.05) is 49.1 Å². The predicted octanol–water partition coefficient (Wildman–Crippen LogP) is 11.5. The van der Waals surface area contributed by atoms with E-state index in [1.807, 2.05) is 44.2 Å². The summed E-state index contributed by atoms with van der Waals surface area (Å²) < 4.78 is 8.63. The number of aromatic nitrogens is 5. The fourth-order valence-electron chi connectivity index (χ4n) is 7.09. The molecular weight excluding hydrogens is 847 g/mol. The van der Waals surface area contributed by atoms with E-state index >= 15 is 0 Å². The molecule has 7 rings (SSSR count). The van der Waals surface area contributed by atoms with Gasteiger partial charge in [-0.3, -0.25) is 9.97 Å². The number of rotatable bonds is 6. The minimum atomic E-state index is -1.37. The van der Waals surface area contributed by atoms with Crippen LogP contribution >= 0.6 is 0 Å². The Balaban J connectivity index is 0.000000216. The van der Waals surface area contributed by atoms with Crippen LogP contribution in [0.1, 0.15) is 88.6 Å². The maximum atomic E-state index is 6.38. The van der Waals surface area contributed by atoms with Gasteiger partial charge in [0.25, 0.3) is 0 Å². The fraction of sp³-hybridized carbons (Fsp3) is 0.378. The van der Waals surface area contributed by atoms with Crippen LogP contribution in [-0.2, 0) is 26.5 Å². The van der Waals surface area contributed by atoms with E-state index in [0.717, 1.165) is 79.1 Å². The van der Waals surface area contributed by atoms with Crippen molar-refractivity contribution in [3.8, 4) is 22.6 Å². The molecule has 0 bridgehead atoms. The zero-order valence-electron chi connectivity index (χ0n) is 33.6. The molecule has 53 heavy (non-hydrogen) atoms. The first-order chi connectivity index (χ1) is 24.4. The average molecular weight is 900 g/mol. The van der Waals surface area contributed by atoms with Gasteiger partial charge in [-0.25, -0.2) is 4.98 Å². The van der Waals surface area contributed by atoms with Gasteiger partial charge in [0.1, 0.15) is 0 Å². The van der Waals surface area contributed by atoms with E-state index in [0.29, 0.717) is 11.6 Å². The normalized spacial score (nSPS) is 12.1. The molecule has 0 saturated heterocycles. The molecule has 0 N–H and O–H groups in total. The van der Waals surface area contributed by atoms with Gasteiger partial charge in [-0.2, -0.15) is 0 Å². The third kappa shape index (κ3) is 8.40. The number of hydrogen-bond acceptors (Lipinski definition) is 5. The van der Waals surface area contributed by atoms with Crippen molar-refractivity contribution in [2.75, 3.05) is 0 Å². The predicted molar refractivity (Wildman–Crippen MR) is 220 cm³/mol. The molecule has 0 saturated carbocycles. The molecule has 8 heteroatoms. The Morgan fingerprint density at radius 2 is 1.64 bits per heavy atom. The summed E-state index contributed by atoms with van der Waals surface area (Å²) in [6, 6.07) is 25.6.